The molecule has 1 aliphatic heterocycles. The molecule has 10 nitrogen and oxygen atoms in total. The minimum Gasteiger partial charge on any atom is -0.497 e. The van der Waals surface area contributed by atoms with Crippen LogP contribution >= 0.6 is 0 Å². The van der Waals surface area contributed by atoms with E-state index in [1.54, 1.807) is 18.9 Å². The third-order valence-electron chi connectivity index (χ3n) is 7.80. The third kappa shape index (κ3) is 8.61. The van der Waals surface area contributed by atoms with Crippen LogP contribution in [0.5, 0.6) is 5.75 Å². The molecule has 3 aromatic rings. The summed E-state index contributed by atoms with van der Waals surface area (Å²) in [7, 11) is 3.06. The second-order valence-electron chi connectivity index (χ2n) is 11.1. The van der Waals surface area contributed by atoms with Crippen molar-refractivity contribution in [1.29, 1.82) is 0 Å². The Labute approximate surface area is 257 Å². The van der Waals surface area contributed by atoms with Gasteiger partial charge in [-0.05, 0) is 55.5 Å². The second kappa shape index (κ2) is 15.4. The second-order valence-corrected chi connectivity index (χ2v) is 11.1. The maximum atomic E-state index is 13.6. The number of benzene rings is 2. The summed E-state index contributed by atoms with van der Waals surface area (Å²) in [5, 5.41) is 5.77. The summed E-state index contributed by atoms with van der Waals surface area (Å²) in [6, 6.07) is 16.8. The first-order chi connectivity index (χ1) is 21.2. The number of nitrogens with two attached hydrogens (primary N) is 1. The molecule has 0 radical (unpaired) electrons. The maximum absolute atomic E-state index is 13.6. The summed E-state index contributed by atoms with van der Waals surface area (Å²) in [5.41, 5.74) is 8.19. The zero-order valence-corrected chi connectivity index (χ0v) is 25.3. The Bertz CT molecular complexity index is 1420. The van der Waals surface area contributed by atoms with Gasteiger partial charge in [0.15, 0.2) is 0 Å². The van der Waals surface area contributed by atoms with Gasteiger partial charge in [0.1, 0.15) is 23.0 Å². The summed E-state index contributed by atoms with van der Waals surface area (Å²) < 4.78 is 24.0. The van der Waals surface area contributed by atoms with Crippen molar-refractivity contribution in [3.05, 3.63) is 89.5 Å². The Hall–Kier alpha value is -4.35. The van der Waals surface area contributed by atoms with Crippen molar-refractivity contribution in [2.75, 3.05) is 32.7 Å². The van der Waals surface area contributed by atoms with Crippen LogP contribution in [0.25, 0.3) is 0 Å². The number of aromatic nitrogens is 1. The summed E-state index contributed by atoms with van der Waals surface area (Å²) >= 11 is 0. The molecule has 0 spiro atoms. The van der Waals surface area contributed by atoms with E-state index >= 15 is 0 Å². The number of hydrogen-bond donors (Lipinski definition) is 3. The van der Waals surface area contributed by atoms with Crippen LogP contribution in [0, 0.1) is 11.7 Å². The van der Waals surface area contributed by atoms with Crippen molar-refractivity contribution < 1.29 is 28.2 Å². The van der Waals surface area contributed by atoms with E-state index in [9.17, 15) is 18.8 Å². The van der Waals surface area contributed by atoms with Crippen LogP contribution in [-0.2, 0) is 16.0 Å². The predicted molar refractivity (Wildman–Crippen MR) is 165 cm³/mol. The van der Waals surface area contributed by atoms with E-state index in [4.69, 9.17) is 15.2 Å². The Morgan fingerprint density at radius 3 is 2.45 bits per heavy atom. The van der Waals surface area contributed by atoms with Gasteiger partial charge in [0.2, 0.25) is 5.91 Å². The van der Waals surface area contributed by atoms with Crippen LogP contribution in [0.15, 0.2) is 66.7 Å². The number of anilines is 1. The van der Waals surface area contributed by atoms with Crippen LogP contribution in [0.1, 0.15) is 52.7 Å². The molecule has 0 unspecified atom stereocenters. The molecule has 1 fully saturated rings. The van der Waals surface area contributed by atoms with Crippen LogP contribution in [0.2, 0.25) is 0 Å². The zero-order chi connectivity index (χ0) is 31.6. The molecule has 4 atom stereocenters. The predicted octanol–water partition coefficient (Wildman–Crippen LogP) is 3.81. The summed E-state index contributed by atoms with van der Waals surface area (Å²) in [4.78, 5) is 46.1. The van der Waals surface area contributed by atoms with E-state index in [0.717, 1.165) is 18.4 Å². The molecule has 234 valence electrons. The number of amides is 3. The van der Waals surface area contributed by atoms with E-state index in [-0.39, 0.29) is 35.7 Å². The van der Waals surface area contributed by atoms with E-state index in [1.807, 2.05) is 30.3 Å². The lowest BCUT2D eigenvalue weighted by molar-refractivity contribution is -0.119. The van der Waals surface area contributed by atoms with E-state index in [2.05, 4.69) is 15.6 Å². The maximum Gasteiger partial charge on any atom is 0.272 e. The third-order valence-corrected chi connectivity index (χ3v) is 7.80. The smallest absolute Gasteiger partial charge is 0.272 e. The molecule has 4 rings (SSSR count). The molecule has 4 N–H and O–H groups in total. The number of likely N-dealkylation sites (tertiary alicyclic amines) is 1. The van der Waals surface area contributed by atoms with Crippen molar-refractivity contribution in [1.82, 2.24) is 15.2 Å². The highest BCUT2D eigenvalue weighted by Gasteiger charge is 2.31. The number of nitrogens with one attached hydrogen (secondary N) is 2. The fraction of sp³-hybridized carbons (Fsp3) is 0.394. The number of halogens is 1. The first-order valence-electron chi connectivity index (χ1n) is 14.7. The van der Waals surface area contributed by atoms with Gasteiger partial charge in [0.05, 0.1) is 19.8 Å². The summed E-state index contributed by atoms with van der Waals surface area (Å²) in [6.07, 6.45) is 2.35. The van der Waals surface area contributed by atoms with Crippen LogP contribution in [0.4, 0.5) is 10.1 Å². The molecule has 0 saturated carbocycles. The Balaban J connectivity index is 1.51. The molecule has 0 aliphatic carbocycles. The van der Waals surface area contributed by atoms with Crippen LogP contribution in [-0.4, -0.2) is 73.1 Å². The quantitative estimate of drug-likeness (QED) is 0.270. The number of carbonyl (C=O) groups is 3. The van der Waals surface area contributed by atoms with Gasteiger partial charge < -0.3 is 30.7 Å². The van der Waals surface area contributed by atoms with Crippen molar-refractivity contribution >= 4 is 23.4 Å². The molecule has 11 heteroatoms. The number of rotatable bonds is 13. The minimum atomic E-state index is -0.612. The number of hydrogen-bond acceptors (Lipinski definition) is 7. The molecular weight excluding hydrogens is 565 g/mol. The normalized spacial score (nSPS) is 16.6. The highest BCUT2D eigenvalue weighted by atomic mass is 19.1. The average Bonchev–Trinajstić information content (AvgIpc) is 3.50. The number of carbonyl (C=O) groups excluding carboxylic acids is 3. The highest BCUT2D eigenvalue weighted by Crippen LogP contribution is 2.23. The largest absolute Gasteiger partial charge is 0.497 e. The fourth-order valence-electron chi connectivity index (χ4n) is 5.36. The Kier molecular flexibility index (Phi) is 11.4. The molecule has 3 amide bonds. The average molecular weight is 606 g/mol. The first-order valence-corrected chi connectivity index (χ1v) is 14.7. The lowest BCUT2D eigenvalue weighted by atomic mass is 9.92. The van der Waals surface area contributed by atoms with Crippen molar-refractivity contribution in [2.24, 2.45) is 11.7 Å². The fourth-order valence-corrected chi connectivity index (χ4v) is 5.36. The first kappa shape index (κ1) is 32.6. The van der Waals surface area contributed by atoms with Gasteiger partial charge >= 0.3 is 0 Å². The highest BCUT2D eigenvalue weighted by molar-refractivity contribution is 5.97. The van der Waals surface area contributed by atoms with Crippen LogP contribution < -0.4 is 21.1 Å². The van der Waals surface area contributed by atoms with Gasteiger partial charge in [0, 0.05) is 49.5 Å². The molecule has 2 aromatic carbocycles. The zero-order valence-electron chi connectivity index (χ0n) is 25.3. The van der Waals surface area contributed by atoms with E-state index < -0.39 is 29.7 Å². The van der Waals surface area contributed by atoms with Crippen LogP contribution in [0.3, 0.4) is 0 Å². The molecular formula is C33H40FN5O5. The SMILES string of the molecule is COC[C@H]1CCCN1C(=O)c1cc(OC)cc(C(=O)N[C@@H](Cc2ccccc2)[C@@H](N)C[C@@H](C)C(=O)Nc2ccc(F)cc2)n1. The van der Waals surface area contributed by atoms with Gasteiger partial charge in [-0.2, -0.15) is 0 Å². The lowest BCUT2D eigenvalue weighted by Gasteiger charge is -2.27. The van der Waals surface area contributed by atoms with Crippen molar-refractivity contribution in [3.8, 4) is 5.75 Å². The minimum absolute atomic E-state index is 0.0163. The van der Waals surface area contributed by atoms with E-state index in [1.165, 1.54) is 43.5 Å². The van der Waals surface area contributed by atoms with Gasteiger partial charge in [-0.1, -0.05) is 37.3 Å². The molecule has 1 aliphatic rings. The van der Waals surface area contributed by atoms with E-state index in [0.29, 0.717) is 31.0 Å². The van der Waals surface area contributed by atoms with Crippen molar-refractivity contribution in [3.63, 3.8) is 0 Å². The molecule has 2 heterocycles. The summed E-state index contributed by atoms with van der Waals surface area (Å²) in [5.74, 6) is -1.67. The number of pyridine rings is 1. The van der Waals surface area contributed by atoms with Gasteiger partial charge in [-0.15, -0.1) is 0 Å². The molecule has 0 bridgehead atoms. The Morgan fingerprint density at radius 1 is 1.07 bits per heavy atom. The lowest BCUT2D eigenvalue weighted by Crippen LogP contribution is -2.50. The van der Waals surface area contributed by atoms with Gasteiger partial charge in [0.25, 0.3) is 11.8 Å². The molecule has 1 saturated heterocycles. The molecule has 1 aromatic heterocycles. The number of methoxy groups -OCH3 is 2. The topological polar surface area (TPSA) is 136 Å². The standard InChI is InChI=1S/C33H40FN5O5/c1-21(31(40)36-24-13-11-23(34)12-14-24)16-27(35)28(17-22-8-5-4-6-9-22)38-32(41)29-18-26(44-3)19-30(37-29)33(42)39-15-7-10-25(39)20-43-2/h4-6,8-9,11-14,18-19,21,25,27-28H,7,10,15-17,20,35H2,1-3H3,(H,36,40)(H,38,41)/t21-,25-,27+,28+/m1/s1. The van der Waals surface area contributed by atoms with Gasteiger partial charge in [-0.25, -0.2) is 9.37 Å². The molecule has 44 heavy (non-hydrogen) atoms. The monoisotopic (exact) mass is 605 g/mol. The number of nitrogens with zero attached hydrogens (tertiary/aromatic N) is 2. The van der Waals surface area contributed by atoms with Crippen molar-refractivity contribution in [2.45, 2.75) is 50.7 Å². The van der Waals surface area contributed by atoms with Gasteiger partial charge in [-0.3, -0.25) is 14.4 Å². The Morgan fingerprint density at radius 2 is 1.77 bits per heavy atom. The number of ether oxygens (including phenoxy) is 2. The summed E-state index contributed by atoms with van der Waals surface area (Å²) in [6.45, 7) is 2.74.